The van der Waals surface area contributed by atoms with E-state index in [-0.39, 0.29) is 17.7 Å². The second-order valence-corrected chi connectivity index (χ2v) is 7.22. The van der Waals surface area contributed by atoms with E-state index in [0.29, 0.717) is 33.6 Å². The summed E-state index contributed by atoms with van der Waals surface area (Å²) in [6.07, 6.45) is 0.423. The largest absolute Gasteiger partial charge is 0.344 e. The lowest BCUT2D eigenvalue weighted by molar-refractivity contribution is -0.125. The number of thioether (sulfide) groups is 1. The van der Waals surface area contributed by atoms with Crippen LogP contribution in [0.2, 0.25) is 0 Å². The number of nitrogens with zero attached hydrogens (tertiary/aromatic N) is 2. The third-order valence-corrected chi connectivity index (χ3v) is 5.16. The number of hydrogen-bond donors (Lipinski definition) is 2. The van der Waals surface area contributed by atoms with Crippen molar-refractivity contribution in [1.82, 2.24) is 15.2 Å². The number of aromatic nitrogens is 1. The first-order valence-corrected chi connectivity index (χ1v) is 8.72. The van der Waals surface area contributed by atoms with Crippen LogP contribution in [0, 0.1) is 6.92 Å². The maximum absolute atomic E-state index is 12.2. The first-order valence-electron chi connectivity index (χ1n) is 6.75. The van der Waals surface area contributed by atoms with Crippen molar-refractivity contribution in [3.8, 4) is 0 Å². The zero-order valence-corrected chi connectivity index (χ0v) is 14.3. The van der Waals surface area contributed by atoms with Gasteiger partial charge in [-0.15, -0.1) is 0 Å². The molecule has 7 nitrogen and oxygen atoms in total. The van der Waals surface area contributed by atoms with Gasteiger partial charge in [0.15, 0.2) is 5.13 Å². The summed E-state index contributed by atoms with van der Waals surface area (Å²) in [4.78, 5) is 41.9. The van der Waals surface area contributed by atoms with E-state index < -0.39 is 6.04 Å². The molecular weight excluding hydrogens is 324 g/mol. The summed E-state index contributed by atoms with van der Waals surface area (Å²) >= 11 is 2.70. The molecule has 0 aromatic carbocycles. The predicted molar refractivity (Wildman–Crippen MR) is 87.4 cm³/mol. The van der Waals surface area contributed by atoms with Crippen molar-refractivity contribution in [1.29, 1.82) is 0 Å². The zero-order valence-electron chi connectivity index (χ0n) is 12.6. The van der Waals surface area contributed by atoms with Crippen LogP contribution in [0.25, 0.3) is 0 Å². The van der Waals surface area contributed by atoms with Gasteiger partial charge in [0.25, 0.3) is 5.91 Å². The fourth-order valence-corrected chi connectivity index (χ4v) is 3.82. The van der Waals surface area contributed by atoms with Gasteiger partial charge in [-0.25, -0.2) is 4.98 Å². The molecule has 3 amide bonds. The summed E-state index contributed by atoms with van der Waals surface area (Å²) < 4.78 is 0. The Morgan fingerprint density at radius 2 is 2.14 bits per heavy atom. The van der Waals surface area contributed by atoms with Crippen molar-refractivity contribution in [2.75, 3.05) is 30.9 Å². The van der Waals surface area contributed by atoms with E-state index in [1.54, 1.807) is 32.8 Å². The van der Waals surface area contributed by atoms with Crippen molar-refractivity contribution in [3.63, 3.8) is 0 Å². The molecule has 1 aliphatic heterocycles. The van der Waals surface area contributed by atoms with Crippen molar-refractivity contribution in [2.24, 2.45) is 0 Å². The third kappa shape index (κ3) is 3.98. The number of amides is 3. The van der Waals surface area contributed by atoms with Crippen LogP contribution >= 0.6 is 23.1 Å². The molecule has 22 heavy (non-hydrogen) atoms. The second-order valence-electron chi connectivity index (χ2n) is 5.07. The van der Waals surface area contributed by atoms with Crippen molar-refractivity contribution in [2.45, 2.75) is 19.4 Å². The van der Waals surface area contributed by atoms with Crippen molar-refractivity contribution < 1.29 is 14.4 Å². The van der Waals surface area contributed by atoms with E-state index in [1.165, 1.54) is 4.90 Å². The topological polar surface area (TPSA) is 91.4 Å². The quantitative estimate of drug-likeness (QED) is 0.844. The normalized spacial score (nSPS) is 18.3. The molecule has 120 valence electrons. The monoisotopic (exact) mass is 342 g/mol. The highest BCUT2D eigenvalue weighted by molar-refractivity contribution is 7.99. The predicted octanol–water partition coefficient (Wildman–Crippen LogP) is 0.714. The fourth-order valence-electron chi connectivity index (χ4n) is 1.86. The number of anilines is 1. The Morgan fingerprint density at radius 1 is 1.41 bits per heavy atom. The molecule has 0 saturated carbocycles. The molecule has 2 N–H and O–H groups in total. The SMILES string of the molecule is Cc1nc(NC(=O)[C@@H]2CSCCC(=O)N2)sc1C(=O)N(C)C. The Balaban J connectivity index is 2.07. The van der Waals surface area contributed by atoms with Gasteiger partial charge in [-0.1, -0.05) is 11.3 Å². The van der Waals surface area contributed by atoms with Crippen LogP contribution in [0.3, 0.4) is 0 Å². The molecule has 0 radical (unpaired) electrons. The average molecular weight is 342 g/mol. The molecule has 1 saturated heterocycles. The fraction of sp³-hybridized carbons (Fsp3) is 0.538. The molecule has 1 aromatic heterocycles. The van der Waals surface area contributed by atoms with Gasteiger partial charge in [0, 0.05) is 32.0 Å². The van der Waals surface area contributed by atoms with Gasteiger partial charge in [0.05, 0.1) is 5.69 Å². The molecule has 0 bridgehead atoms. The molecule has 1 aromatic rings. The smallest absolute Gasteiger partial charge is 0.265 e. The minimum absolute atomic E-state index is 0.121. The summed E-state index contributed by atoms with van der Waals surface area (Å²) in [6, 6.07) is -0.572. The lowest BCUT2D eigenvalue weighted by Gasteiger charge is -2.13. The van der Waals surface area contributed by atoms with Crippen LogP contribution in [0.5, 0.6) is 0 Å². The van der Waals surface area contributed by atoms with Crippen LogP contribution in [0.15, 0.2) is 0 Å². The molecule has 9 heteroatoms. The molecule has 2 rings (SSSR count). The van der Waals surface area contributed by atoms with Gasteiger partial charge in [-0.2, -0.15) is 11.8 Å². The molecular formula is C13H18N4O3S2. The Morgan fingerprint density at radius 3 is 2.82 bits per heavy atom. The summed E-state index contributed by atoms with van der Waals surface area (Å²) in [5, 5.41) is 5.75. The molecule has 0 spiro atoms. The minimum atomic E-state index is -0.572. The van der Waals surface area contributed by atoms with Crippen molar-refractivity contribution in [3.05, 3.63) is 10.6 Å². The molecule has 0 unspecified atom stereocenters. The van der Waals surface area contributed by atoms with E-state index in [2.05, 4.69) is 15.6 Å². The Labute approximate surface area is 136 Å². The van der Waals surface area contributed by atoms with Gasteiger partial charge < -0.3 is 15.5 Å². The van der Waals surface area contributed by atoms with Crippen LogP contribution in [-0.4, -0.2) is 59.2 Å². The standard InChI is InChI=1S/C13H18N4O3S2/c1-7-10(12(20)17(2)3)22-13(14-7)16-11(19)8-6-21-5-4-9(18)15-8/h8H,4-6H2,1-3H3,(H,15,18)(H,14,16,19)/t8-/m0/s1. The van der Waals surface area contributed by atoms with Crippen LogP contribution in [0.1, 0.15) is 21.8 Å². The number of aryl methyl sites for hydroxylation is 1. The lowest BCUT2D eigenvalue weighted by Crippen LogP contribution is -2.44. The van der Waals surface area contributed by atoms with E-state index in [9.17, 15) is 14.4 Å². The summed E-state index contributed by atoms with van der Waals surface area (Å²) in [5.74, 6) is 0.678. The van der Waals surface area contributed by atoms with Gasteiger partial charge in [0.1, 0.15) is 10.9 Å². The molecule has 1 aliphatic rings. The number of carbonyl (C=O) groups is 3. The lowest BCUT2D eigenvalue weighted by atomic mass is 10.3. The van der Waals surface area contributed by atoms with Gasteiger partial charge in [-0.05, 0) is 6.92 Å². The summed E-state index contributed by atoms with van der Waals surface area (Å²) in [5.41, 5.74) is 0.582. The summed E-state index contributed by atoms with van der Waals surface area (Å²) in [7, 11) is 3.33. The first kappa shape index (κ1) is 16.8. The van der Waals surface area contributed by atoms with E-state index in [0.717, 1.165) is 11.3 Å². The van der Waals surface area contributed by atoms with E-state index in [1.807, 2.05) is 0 Å². The van der Waals surface area contributed by atoms with Gasteiger partial charge >= 0.3 is 0 Å². The van der Waals surface area contributed by atoms with Crippen molar-refractivity contribution >= 4 is 46.0 Å². The van der Waals surface area contributed by atoms with E-state index in [4.69, 9.17) is 0 Å². The second kappa shape index (κ2) is 7.10. The minimum Gasteiger partial charge on any atom is -0.344 e. The van der Waals surface area contributed by atoms with Crippen LogP contribution in [0.4, 0.5) is 5.13 Å². The highest BCUT2D eigenvalue weighted by atomic mass is 32.2. The van der Waals surface area contributed by atoms with Gasteiger partial charge in [0.2, 0.25) is 11.8 Å². The number of nitrogens with one attached hydrogen (secondary N) is 2. The Hall–Kier alpha value is -1.61. The summed E-state index contributed by atoms with van der Waals surface area (Å²) in [6.45, 7) is 1.73. The zero-order chi connectivity index (χ0) is 16.3. The third-order valence-electron chi connectivity index (χ3n) is 3.04. The first-order chi connectivity index (χ1) is 10.4. The molecule has 2 heterocycles. The Kier molecular flexibility index (Phi) is 5.41. The number of hydrogen-bond acceptors (Lipinski definition) is 6. The van der Waals surface area contributed by atoms with Crippen LogP contribution in [-0.2, 0) is 9.59 Å². The number of carbonyl (C=O) groups excluding carboxylic acids is 3. The molecule has 1 atom stereocenters. The molecule has 0 aliphatic carbocycles. The van der Waals surface area contributed by atoms with Crippen LogP contribution < -0.4 is 10.6 Å². The maximum Gasteiger partial charge on any atom is 0.265 e. The number of thiazole rings is 1. The van der Waals surface area contributed by atoms with E-state index >= 15 is 0 Å². The highest BCUT2D eigenvalue weighted by Gasteiger charge is 2.25. The number of rotatable bonds is 3. The maximum atomic E-state index is 12.2. The average Bonchev–Trinajstić information content (AvgIpc) is 2.67. The molecule has 1 fully saturated rings. The Bertz CT molecular complexity index is 600. The highest BCUT2D eigenvalue weighted by Crippen LogP contribution is 2.24. The van der Waals surface area contributed by atoms with Gasteiger partial charge in [-0.3, -0.25) is 14.4 Å².